The van der Waals surface area contributed by atoms with Crippen molar-refractivity contribution < 1.29 is 19.4 Å². The van der Waals surface area contributed by atoms with Crippen LogP contribution in [0.5, 0.6) is 0 Å². The minimum Gasteiger partial charge on any atom is -0.481 e. The molecule has 3 rings (SSSR count). The number of fused-ring (bicyclic) bond motifs is 1. The van der Waals surface area contributed by atoms with Gasteiger partial charge >= 0.3 is 5.97 Å². The molecule has 0 spiro atoms. The van der Waals surface area contributed by atoms with Crippen molar-refractivity contribution in [3.05, 3.63) is 41.1 Å². The molecular formula is C18H20N2O4. The number of carboxylic acid groups (broad SMARTS) is 1. The predicted molar refractivity (Wildman–Crippen MR) is 89.1 cm³/mol. The monoisotopic (exact) mass is 328 g/mol. The quantitative estimate of drug-likeness (QED) is 0.934. The fraction of sp³-hybridized carbons (Fsp3) is 0.389. The topological polar surface area (TPSA) is 79.7 Å². The molecule has 1 aromatic carbocycles. The van der Waals surface area contributed by atoms with Gasteiger partial charge in [0.05, 0.1) is 35.9 Å². The van der Waals surface area contributed by atoms with Crippen LogP contribution in [0.2, 0.25) is 0 Å². The van der Waals surface area contributed by atoms with Gasteiger partial charge in [0.1, 0.15) is 0 Å². The molecule has 1 amide bonds. The lowest BCUT2D eigenvalue weighted by molar-refractivity contribution is -0.141. The third kappa shape index (κ3) is 3.38. The van der Waals surface area contributed by atoms with Crippen molar-refractivity contribution in [1.82, 2.24) is 9.88 Å². The first-order valence-corrected chi connectivity index (χ1v) is 7.94. The van der Waals surface area contributed by atoms with Crippen LogP contribution in [0.15, 0.2) is 24.3 Å². The molecule has 1 fully saturated rings. The van der Waals surface area contributed by atoms with E-state index >= 15 is 0 Å². The van der Waals surface area contributed by atoms with Gasteiger partial charge in [-0.3, -0.25) is 14.6 Å². The third-order valence-electron chi connectivity index (χ3n) is 4.22. The number of hydrogen-bond acceptors (Lipinski definition) is 4. The summed E-state index contributed by atoms with van der Waals surface area (Å²) in [5, 5.41) is 9.83. The second-order valence-corrected chi connectivity index (χ2v) is 6.16. The van der Waals surface area contributed by atoms with Gasteiger partial charge in [-0.1, -0.05) is 11.6 Å². The van der Waals surface area contributed by atoms with Gasteiger partial charge in [0, 0.05) is 18.5 Å². The summed E-state index contributed by atoms with van der Waals surface area (Å²) in [5.41, 5.74) is 3.21. The molecule has 6 heteroatoms. The Hall–Kier alpha value is -2.47. The van der Waals surface area contributed by atoms with Crippen molar-refractivity contribution in [2.24, 2.45) is 0 Å². The molecule has 2 heterocycles. The number of aliphatic carboxylic acids is 1. The Morgan fingerprint density at radius 2 is 2.12 bits per heavy atom. The molecule has 24 heavy (non-hydrogen) atoms. The van der Waals surface area contributed by atoms with Gasteiger partial charge in [-0.05, 0) is 32.0 Å². The van der Waals surface area contributed by atoms with Crippen LogP contribution in [0.1, 0.15) is 28.0 Å². The molecule has 1 aliphatic rings. The Labute approximate surface area is 140 Å². The second kappa shape index (κ2) is 6.57. The highest BCUT2D eigenvalue weighted by Gasteiger charge is 2.27. The van der Waals surface area contributed by atoms with E-state index in [1.807, 2.05) is 38.1 Å². The van der Waals surface area contributed by atoms with Gasteiger partial charge < -0.3 is 14.7 Å². The van der Waals surface area contributed by atoms with Gasteiger partial charge in [-0.2, -0.15) is 0 Å². The first-order chi connectivity index (χ1) is 11.4. The van der Waals surface area contributed by atoms with E-state index in [0.29, 0.717) is 24.4 Å². The molecule has 1 saturated heterocycles. The number of pyridine rings is 1. The first-order valence-electron chi connectivity index (χ1n) is 7.94. The van der Waals surface area contributed by atoms with Crippen molar-refractivity contribution >= 4 is 22.8 Å². The smallest absolute Gasteiger partial charge is 0.306 e. The number of rotatable bonds is 3. The molecule has 1 atom stereocenters. The molecule has 1 N–H and O–H groups in total. The van der Waals surface area contributed by atoms with Gasteiger partial charge in [0.2, 0.25) is 0 Å². The highest BCUT2D eigenvalue weighted by atomic mass is 16.5. The number of carbonyl (C=O) groups excluding carboxylic acids is 1. The van der Waals surface area contributed by atoms with E-state index in [9.17, 15) is 9.59 Å². The SMILES string of the molecule is Cc1ccc2nc(C)c(C(=O)N3CCOC(CC(=O)O)C3)cc2c1. The number of amides is 1. The second-order valence-electron chi connectivity index (χ2n) is 6.16. The minimum absolute atomic E-state index is 0.0993. The van der Waals surface area contributed by atoms with Crippen LogP contribution in [0, 0.1) is 13.8 Å². The zero-order valence-corrected chi connectivity index (χ0v) is 13.8. The van der Waals surface area contributed by atoms with E-state index in [1.54, 1.807) is 4.90 Å². The van der Waals surface area contributed by atoms with Crippen LogP contribution in [0.4, 0.5) is 0 Å². The summed E-state index contributed by atoms with van der Waals surface area (Å²) < 4.78 is 5.43. The number of aryl methyl sites for hydroxylation is 2. The molecule has 2 aromatic rings. The van der Waals surface area contributed by atoms with Crippen LogP contribution in [0.3, 0.4) is 0 Å². The highest BCUT2D eigenvalue weighted by Crippen LogP contribution is 2.20. The number of ether oxygens (including phenoxy) is 1. The van der Waals surface area contributed by atoms with Crippen LogP contribution < -0.4 is 0 Å². The largest absolute Gasteiger partial charge is 0.481 e. The summed E-state index contributed by atoms with van der Waals surface area (Å²) in [4.78, 5) is 29.9. The third-order valence-corrected chi connectivity index (χ3v) is 4.22. The van der Waals surface area contributed by atoms with Crippen molar-refractivity contribution in [3.8, 4) is 0 Å². The first kappa shape index (κ1) is 16.4. The lowest BCUT2D eigenvalue weighted by Crippen LogP contribution is -2.46. The number of hydrogen-bond donors (Lipinski definition) is 1. The molecule has 0 saturated carbocycles. The van der Waals surface area contributed by atoms with E-state index in [-0.39, 0.29) is 18.9 Å². The fourth-order valence-electron chi connectivity index (χ4n) is 3.00. The van der Waals surface area contributed by atoms with E-state index in [1.165, 1.54) is 0 Å². The number of aromatic nitrogens is 1. The minimum atomic E-state index is -0.923. The van der Waals surface area contributed by atoms with Crippen LogP contribution in [-0.4, -0.2) is 52.7 Å². The average Bonchev–Trinajstić information content (AvgIpc) is 2.53. The Morgan fingerprint density at radius 1 is 1.33 bits per heavy atom. The van der Waals surface area contributed by atoms with Crippen molar-refractivity contribution in [2.75, 3.05) is 19.7 Å². The zero-order valence-electron chi connectivity index (χ0n) is 13.8. The summed E-state index contributed by atoms with van der Waals surface area (Å²) in [5.74, 6) is -1.05. The van der Waals surface area contributed by atoms with E-state index in [4.69, 9.17) is 9.84 Å². The molecular weight excluding hydrogens is 308 g/mol. The Bertz CT molecular complexity index is 803. The molecule has 0 aliphatic carbocycles. The number of carboxylic acids is 1. The van der Waals surface area contributed by atoms with Gasteiger partial charge in [0.25, 0.3) is 5.91 Å². The summed E-state index contributed by atoms with van der Waals surface area (Å²) in [7, 11) is 0. The van der Waals surface area contributed by atoms with Gasteiger partial charge in [0.15, 0.2) is 0 Å². The van der Waals surface area contributed by atoms with Gasteiger partial charge in [-0.25, -0.2) is 0 Å². The number of nitrogens with zero attached hydrogens (tertiary/aromatic N) is 2. The Morgan fingerprint density at radius 3 is 2.88 bits per heavy atom. The molecule has 6 nitrogen and oxygen atoms in total. The van der Waals surface area contributed by atoms with Crippen molar-refractivity contribution in [3.63, 3.8) is 0 Å². The van der Waals surface area contributed by atoms with E-state index in [2.05, 4.69) is 4.98 Å². The lowest BCUT2D eigenvalue weighted by Gasteiger charge is -2.32. The maximum Gasteiger partial charge on any atom is 0.306 e. The summed E-state index contributed by atoms with van der Waals surface area (Å²) >= 11 is 0. The maximum atomic E-state index is 12.9. The average molecular weight is 328 g/mol. The number of carbonyl (C=O) groups is 2. The maximum absolute atomic E-state index is 12.9. The van der Waals surface area contributed by atoms with Crippen molar-refractivity contribution in [2.45, 2.75) is 26.4 Å². The predicted octanol–water partition coefficient (Wildman–Crippen LogP) is 2.17. The van der Waals surface area contributed by atoms with Crippen LogP contribution in [0.25, 0.3) is 10.9 Å². The molecule has 0 bridgehead atoms. The van der Waals surface area contributed by atoms with E-state index in [0.717, 1.165) is 16.5 Å². The summed E-state index contributed by atoms with van der Waals surface area (Å²) in [6.07, 6.45) is -0.561. The Kier molecular flexibility index (Phi) is 4.49. The number of morpholine rings is 1. The Balaban J connectivity index is 1.87. The molecule has 1 unspecified atom stereocenters. The standard InChI is InChI=1S/C18H20N2O4/c1-11-3-4-16-13(7-11)8-15(12(2)19-16)18(23)20-5-6-24-14(10-20)9-17(21)22/h3-4,7-8,14H,5-6,9-10H2,1-2H3,(H,21,22). The number of benzene rings is 1. The molecule has 0 radical (unpaired) electrons. The van der Waals surface area contributed by atoms with Crippen LogP contribution in [-0.2, 0) is 9.53 Å². The molecule has 1 aromatic heterocycles. The lowest BCUT2D eigenvalue weighted by atomic mass is 10.1. The summed E-state index contributed by atoms with van der Waals surface area (Å²) in [6.45, 7) is 4.92. The fourth-order valence-corrected chi connectivity index (χ4v) is 3.00. The van der Waals surface area contributed by atoms with Gasteiger partial charge in [-0.15, -0.1) is 0 Å². The van der Waals surface area contributed by atoms with E-state index < -0.39 is 12.1 Å². The normalized spacial score (nSPS) is 17.9. The highest BCUT2D eigenvalue weighted by molar-refractivity contribution is 5.98. The molecule has 1 aliphatic heterocycles. The zero-order chi connectivity index (χ0) is 17.3. The van der Waals surface area contributed by atoms with Crippen LogP contribution >= 0.6 is 0 Å². The van der Waals surface area contributed by atoms with Crippen molar-refractivity contribution in [1.29, 1.82) is 0 Å². The molecule has 126 valence electrons. The summed E-state index contributed by atoms with van der Waals surface area (Å²) in [6, 6.07) is 7.82.